The molecule has 4 aromatic carbocycles. The largest absolute Gasteiger partial charge is 0.748 e. The molecule has 0 fully saturated rings. The minimum Gasteiger partial charge on any atom is -0.748 e. The summed E-state index contributed by atoms with van der Waals surface area (Å²) in [6.07, 6.45) is -13.0. The Labute approximate surface area is 230 Å². The van der Waals surface area contributed by atoms with Gasteiger partial charge >= 0.3 is 23.9 Å². The van der Waals surface area contributed by atoms with E-state index in [4.69, 9.17) is 0 Å². The number of hydrogen-bond acceptors (Lipinski definition) is 5. The van der Waals surface area contributed by atoms with Gasteiger partial charge in [0.05, 0.1) is 21.4 Å². The van der Waals surface area contributed by atoms with Crippen molar-refractivity contribution in [2.45, 2.75) is 18.0 Å². The third kappa shape index (κ3) is 6.28. The van der Waals surface area contributed by atoms with Gasteiger partial charge in [-0.3, -0.25) is 0 Å². The standard InChI is InChI=1S/C29H20F6O5S/c30-28(31,32)27(29(33,34)35,18-41(37,38)39)40-26(36)25-23(20-12-6-2-7-13-20)16-22(19-10-4-1-5-11-19)17-24(25)21-14-8-3-9-15-21/h1-17H,18H2,(H,37,38,39)/p-1. The minimum absolute atomic E-state index is 0.0842. The summed E-state index contributed by atoms with van der Waals surface area (Å²) in [6.45, 7) is 0. The zero-order valence-electron chi connectivity index (χ0n) is 20.7. The summed E-state index contributed by atoms with van der Waals surface area (Å²) in [5, 5.41) is 0. The number of esters is 1. The monoisotopic (exact) mass is 593 g/mol. The zero-order chi connectivity index (χ0) is 30.1. The number of rotatable bonds is 7. The van der Waals surface area contributed by atoms with Gasteiger partial charge in [-0.1, -0.05) is 91.0 Å². The lowest BCUT2D eigenvalue weighted by molar-refractivity contribution is -0.356. The summed E-state index contributed by atoms with van der Waals surface area (Å²) in [5.41, 5.74) is -4.90. The maximum absolute atomic E-state index is 14.0. The van der Waals surface area contributed by atoms with E-state index < -0.39 is 45.4 Å². The van der Waals surface area contributed by atoms with E-state index in [1.54, 1.807) is 66.7 Å². The minimum atomic E-state index is -6.51. The van der Waals surface area contributed by atoms with Gasteiger partial charge in [0, 0.05) is 0 Å². The Morgan fingerprint density at radius 1 is 0.634 bits per heavy atom. The van der Waals surface area contributed by atoms with E-state index in [0.29, 0.717) is 11.1 Å². The molecule has 4 aromatic rings. The van der Waals surface area contributed by atoms with Crippen LogP contribution in [0.25, 0.3) is 33.4 Å². The van der Waals surface area contributed by atoms with Crippen LogP contribution in [0, 0.1) is 0 Å². The summed E-state index contributed by atoms with van der Waals surface area (Å²) in [5.74, 6) is -5.22. The summed E-state index contributed by atoms with van der Waals surface area (Å²) in [6, 6.07) is 26.7. The second-order valence-electron chi connectivity index (χ2n) is 8.96. The number of carbonyl (C=O) groups excluding carboxylic acids is 1. The van der Waals surface area contributed by atoms with Crippen molar-refractivity contribution in [2.75, 3.05) is 5.75 Å². The number of carbonyl (C=O) groups is 1. The van der Waals surface area contributed by atoms with Crippen LogP contribution in [0.15, 0.2) is 103 Å². The van der Waals surface area contributed by atoms with Gasteiger partial charge in [-0.25, -0.2) is 13.2 Å². The van der Waals surface area contributed by atoms with Gasteiger partial charge in [0.2, 0.25) is 0 Å². The molecule has 0 aliphatic rings. The molecule has 41 heavy (non-hydrogen) atoms. The highest BCUT2D eigenvalue weighted by Gasteiger charge is 2.75. The van der Waals surface area contributed by atoms with Gasteiger partial charge in [0.15, 0.2) is 0 Å². The molecule has 0 unspecified atom stereocenters. The topological polar surface area (TPSA) is 83.5 Å². The molecule has 0 amide bonds. The van der Waals surface area contributed by atoms with E-state index in [-0.39, 0.29) is 22.3 Å². The lowest BCUT2D eigenvalue weighted by atomic mass is 9.87. The van der Waals surface area contributed by atoms with Gasteiger partial charge in [-0.2, -0.15) is 26.3 Å². The highest BCUT2D eigenvalue weighted by molar-refractivity contribution is 7.85. The van der Waals surface area contributed by atoms with Gasteiger partial charge in [0.1, 0.15) is 0 Å². The van der Waals surface area contributed by atoms with Crippen LogP contribution in [0.4, 0.5) is 26.3 Å². The molecule has 0 aromatic heterocycles. The number of halogens is 6. The van der Waals surface area contributed by atoms with Gasteiger partial charge < -0.3 is 9.29 Å². The summed E-state index contributed by atoms with van der Waals surface area (Å²) in [4.78, 5) is 13.6. The molecule has 4 rings (SSSR count). The summed E-state index contributed by atoms with van der Waals surface area (Å²) < 4.78 is 122. The molecule has 0 bridgehead atoms. The van der Waals surface area contributed by atoms with Crippen LogP contribution in [0.1, 0.15) is 10.4 Å². The van der Waals surface area contributed by atoms with Gasteiger partial charge in [0.25, 0.3) is 0 Å². The van der Waals surface area contributed by atoms with Crippen molar-refractivity contribution in [3.8, 4) is 33.4 Å². The van der Waals surface area contributed by atoms with E-state index in [1.807, 2.05) is 0 Å². The Balaban J connectivity index is 2.06. The normalized spacial score (nSPS) is 12.7. The van der Waals surface area contributed by atoms with Crippen molar-refractivity contribution in [1.82, 2.24) is 0 Å². The highest BCUT2D eigenvalue weighted by atomic mass is 32.2. The van der Waals surface area contributed by atoms with Crippen molar-refractivity contribution in [1.29, 1.82) is 0 Å². The molecule has 5 nitrogen and oxygen atoms in total. The lowest BCUT2D eigenvalue weighted by Crippen LogP contribution is -2.63. The van der Waals surface area contributed by atoms with Crippen molar-refractivity contribution < 1.29 is 48.8 Å². The Bertz CT molecular complexity index is 1560. The number of hydrogen-bond donors (Lipinski definition) is 0. The average Bonchev–Trinajstić information content (AvgIpc) is 2.91. The second kappa shape index (κ2) is 11.0. The zero-order valence-corrected chi connectivity index (χ0v) is 21.6. The van der Waals surface area contributed by atoms with Crippen LogP contribution in [-0.4, -0.2) is 42.6 Å². The Morgan fingerprint density at radius 2 is 1.00 bits per heavy atom. The molecule has 0 N–H and O–H groups in total. The SMILES string of the molecule is O=C(OC(CS(=O)(=O)[O-])(C(F)(F)F)C(F)(F)F)c1c(-c2ccccc2)cc(-c2ccccc2)cc1-c1ccccc1. The van der Waals surface area contributed by atoms with Crippen LogP contribution in [0.3, 0.4) is 0 Å². The molecular formula is C29H19F6O5S-. The number of ether oxygens (including phenoxy) is 1. The smallest absolute Gasteiger partial charge is 0.438 e. The molecule has 0 saturated carbocycles. The Morgan fingerprint density at radius 3 is 1.34 bits per heavy atom. The van der Waals surface area contributed by atoms with E-state index in [1.165, 1.54) is 36.4 Å². The van der Waals surface area contributed by atoms with Crippen LogP contribution >= 0.6 is 0 Å². The number of alkyl halides is 6. The molecule has 12 heteroatoms. The molecule has 0 spiro atoms. The maximum atomic E-state index is 14.0. The van der Waals surface area contributed by atoms with Crippen LogP contribution in [0.2, 0.25) is 0 Å². The molecular weight excluding hydrogens is 574 g/mol. The predicted octanol–water partition coefficient (Wildman–Crippen LogP) is 7.25. The fourth-order valence-electron chi connectivity index (χ4n) is 4.28. The molecule has 0 aliphatic carbocycles. The first-order valence-electron chi connectivity index (χ1n) is 11.8. The van der Waals surface area contributed by atoms with Crippen LogP contribution in [-0.2, 0) is 14.9 Å². The van der Waals surface area contributed by atoms with Crippen LogP contribution < -0.4 is 0 Å². The fraction of sp³-hybridized carbons (Fsp3) is 0.138. The van der Waals surface area contributed by atoms with Crippen molar-refractivity contribution in [2.24, 2.45) is 0 Å². The van der Waals surface area contributed by atoms with E-state index in [9.17, 15) is 44.1 Å². The van der Waals surface area contributed by atoms with Gasteiger partial charge in [-0.05, 0) is 45.5 Å². The molecule has 0 atom stereocenters. The molecule has 0 heterocycles. The first kappa shape index (κ1) is 29.8. The van der Waals surface area contributed by atoms with Crippen molar-refractivity contribution >= 4 is 16.1 Å². The molecule has 0 saturated heterocycles. The quantitative estimate of drug-likeness (QED) is 0.128. The van der Waals surface area contributed by atoms with E-state index in [0.717, 1.165) is 0 Å². The maximum Gasteiger partial charge on any atom is 0.438 e. The second-order valence-corrected chi connectivity index (χ2v) is 10.4. The molecule has 0 radical (unpaired) electrons. The van der Waals surface area contributed by atoms with Crippen molar-refractivity contribution in [3.63, 3.8) is 0 Å². The molecule has 214 valence electrons. The highest BCUT2D eigenvalue weighted by Crippen LogP contribution is 2.48. The fourth-order valence-corrected chi connectivity index (χ4v) is 5.16. The van der Waals surface area contributed by atoms with E-state index in [2.05, 4.69) is 4.74 Å². The van der Waals surface area contributed by atoms with Crippen LogP contribution in [0.5, 0.6) is 0 Å². The molecule has 0 aliphatic heterocycles. The van der Waals surface area contributed by atoms with Gasteiger partial charge in [-0.15, -0.1) is 0 Å². The third-order valence-corrected chi connectivity index (χ3v) is 6.94. The Kier molecular flexibility index (Phi) is 8.01. The first-order chi connectivity index (χ1) is 19.1. The van der Waals surface area contributed by atoms with Crippen molar-refractivity contribution in [3.05, 3.63) is 109 Å². The first-order valence-corrected chi connectivity index (χ1v) is 13.4. The van der Waals surface area contributed by atoms with E-state index >= 15 is 0 Å². The summed E-state index contributed by atoms with van der Waals surface area (Å²) in [7, 11) is -6.21. The average molecular weight is 594 g/mol. The number of benzene rings is 4. The third-order valence-electron chi connectivity index (χ3n) is 6.18. The Hall–Kier alpha value is -4.16. The summed E-state index contributed by atoms with van der Waals surface area (Å²) >= 11 is 0. The predicted molar refractivity (Wildman–Crippen MR) is 138 cm³/mol. The lowest BCUT2D eigenvalue weighted by Gasteiger charge is -2.37.